The van der Waals surface area contributed by atoms with Crippen LogP contribution in [-0.2, 0) is 32.7 Å². The first kappa shape index (κ1) is 41.8. The fourth-order valence-corrected chi connectivity index (χ4v) is 5.04. The second-order valence-corrected chi connectivity index (χ2v) is 14.0. The largest absolute Gasteiger partial charge is 0.472 e. The molecule has 0 spiro atoms. The first-order valence-electron chi connectivity index (χ1n) is 16.9. The lowest BCUT2D eigenvalue weighted by Crippen LogP contribution is -2.37. The van der Waals surface area contributed by atoms with Crippen molar-refractivity contribution in [3.8, 4) is 0 Å². The van der Waals surface area contributed by atoms with Crippen LogP contribution in [0.3, 0.4) is 0 Å². The van der Waals surface area contributed by atoms with E-state index in [4.69, 9.17) is 18.5 Å². The number of likely N-dealkylation sites (N-methyl/N-ethyl adjacent to an activating group) is 1. The molecule has 0 aromatic heterocycles. The van der Waals surface area contributed by atoms with Crippen LogP contribution in [0.2, 0.25) is 0 Å². The third kappa shape index (κ3) is 30.6. The second-order valence-electron chi connectivity index (χ2n) is 12.6. The minimum atomic E-state index is -4.35. The Kier molecular flexibility index (Phi) is 26.3. The molecular weight excluding hydrogens is 569 g/mol. The molecule has 0 aromatic carbocycles. The van der Waals surface area contributed by atoms with Crippen molar-refractivity contribution >= 4 is 19.8 Å². The van der Waals surface area contributed by atoms with Crippen LogP contribution in [0.5, 0.6) is 0 Å². The Morgan fingerprint density at radius 1 is 0.698 bits per heavy atom. The molecule has 0 radical (unpaired) electrons. The van der Waals surface area contributed by atoms with E-state index in [-0.39, 0.29) is 32.0 Å². The summed E-state index contributed by atoms with van der Waals surface area (Å²) in [5.74, 6) is -0.820. The molecule has 0 aromatic rings. The highest BCUT2D eigenvalue weighted by Crippen LogP contribution is 2.43. The van der Waals surface area contributed by atoms with Gasteiger partial charge in [0.25, 0.3) is 0 Å². The van der Waals surface area contributed by atoms with Gasteiger partial charge in [0.1, 0.15) is 19.8 Å². The fraction of sp³-hybridized carbons (Fsp3) is 0.879. The molecule has 2 unspecified atom stereocenters. The minimum Gasteiger partial charge on any atom is -0.462 e. The van der Waals surface area contributed by atoms with Crippen molar-refractivity contribution in [2.24, 2.45) is 0 Å². The number of carbonyl (C=O) groups excluding carboxylic acids is 2. The van der Waals surface area contributed by atoms with Gasteiger partial charge in [0, 0.05) is 12.8 Å². The van der Waals surface area contributed by atoms with Gasteiger partial charge < -0.3 is 18.9 Å². The summed E-state index contributed by atoms with van der Waals surface area (Å²) >= 11 is 0. The Labute approximate surface area is 263 Å². The van der Waals surface area contributed by atoms with Gasteiger partial charge >= 0.3 is 19.8 Å². The Hall–Kier alpha value is -1.25. The van der Waals surface area contributed by atoms with Crippen LogP contribution in [-0.4, -0.2) is 74.9 Å². The van der Waals surface area contributed by atoms with E-state index >= 15 is 0 Å². The molecule has 9 nitrogen and oxygen atoms in total. The summed E-state index contributed by atoms with van der Waals surface area (Å²) in [5, 5.41) is 0. The van der Waals surface area contributed by atoms with Gasteiger partial charge in [-0.1, -0.05) is 96.6 Å². The molecule has 0 fully saturated rings. The van der Waals surface area contributed by atoms with Crippen LogP contribution in [0.4, 0.5) is 0 Å². The lowest BCUT2D eigenvalue weighted by molar-refractivity contribution is -0.870. The Balaban J connectivity index is 4.47. The number of hydrogen-bond donors (Lipinski definition) is 1. The third-order valence-corrected chi connectivity index (χ3v) is 8.03. The zero-order valence-corrected chi connectivity index (χ0v) is 29.1. The molecule has 254 valence electrons. The van der Waals surface area contributed by atoms with Gasteiger partial charge in [-0.05, 0) is 38.5 Å². The maximum atomic E-state index is 12.5. The SMILES string of the molecule is CCCCCC/C=C\CCCCCCCC(=O)OC(COC(=O)CCCCCCCC)COP(=O)(O)OCC[N+](C)(C)C. The Morgan fingerprint density at radius 3 is 1.74 bits per heavy atom. The van der Waals surface area contributed by atoms with E-state index in [1.165, 1.54) is 44.9 Å². The van der Waals surface area contributed by atoms with Crippen LogP contribution in [0, 0.1) is 0 Å². The number of unbranched alkanes of at least 4 members (excludes halogenated alkanes) is 14. The van der Waals surface area contributed by atoms with Crippen LogP contribution in [0.25, 0.3) is 0 Å². The molecule has 10 heteroatoms. The van der Waals surface area contributed by atoms with Crippen molar-refractivity contribution in [3.63, 3.8) is 0 Å². The Morgan fingerprint density at radius 2 is 1.19 bits per heavy atom. The van der Waals surface area contributed by atoms with Crippen molar-refractivity contribution in [2.75, 3.05) is 47.5 Å². The number of quaternary nitrogens is 1. The average Bonchev–Trinajstić information content (AvgIpc) is 2.93. The van der Waals surface area contributed by atoms with Crippen molar-refractivity contribution < 1.29 is 42.1 Å². The molecule has 2 atom stereocenters. The van der Waals surface area contributed by atoms with Gasteiger partial charge in [-0.2, -0.15) is 0 Å². The quantitative estimate of drug-likeness (QED) is 0.0276. The van der Waals surface area contributed by atoms with E-state index in [9.17, 15) is 19.0 Å². The van der Waals surface area contributed by atoms with Gasteiger partial charge in [-0.15, -0.1) is 0 Å². The number of esters is 2. The van der Waals surface area contributed by atoms with Gasteiger partial charge in [0.2, 0.25) is 0 Å². The van der Waals surface area contributed by atoms with E-state index in [1.807, 2.05) is 21.1 Å². The lowest BCUT2D eigenvalue weighted by atomic mass is 10.1. The van der Waals surface area contributed by atoms with E-state index in [1.54, 1.807) is 0 Å². The first-order valence-corrected chi connectivity index (χ1v) is 18.4. The maximum absolute atomic E-state index is 12.5. The van der Waals surface area contributed by atoms with E-state index in [2.05, 4.69) is 26.0 Å². The van der Waals surface area contributed by atoms with Crippen LogP contribution in [0.15, 0.2) is 12.2 Å². The van der Waals surface area contributed by atoms with E-state index in [0.717, 1.165) is 57.8 Å². The van der Waals surface area contributed by atoms with Gasteiger partial charge in [0.05, 0.1) is 27.7 Å². The smallest absolute Gasteiger partial charge is 0.462 e. The normalized spacial score (nSPS) is 14.1. The number of allylic oxidation sites excluding steroid dienone is 2. The molecular formula is C33H65NO8P+. The number of phosphoric acid groups is 1. The Bertz CT molecular complexity index is 768. The topological polar surface area (TPSA) is 108 Å². The molecule has 0 rings (SSSR count). The highest BCUT2D eigenvalue weighted by Gasteiger charge is 2.27. The number of nitrogens with zero attached hydrogens (tertiary/aromatic N) is 1. The standard InChI is InChI=1S/C33H64NO8P/c1-6-8-10-12-14-15-16-17-18-19-20-22-24-26-33(36)42-31(29-39-32(35)25-23-21-13-11-9-7-2)30-41-43(37,38)40-28-27-34(3,4)5/h15-16,31H,6-14,17-30H2,1-5H3/p+1/b16-15-. The number of hydrogen-bond acceptors (Lipinski definition) is 7. The third-order valence-electron chi connectivity index (χ3n) is 7.05. The molecule has 0 saturated heterocycles. The highest BCUT2D eigenvalue weighted by molar-refractivity contribution is 7.47. The average molecular weight is 635 g/mol. The molecule has 0 aliphatic carbocycles. The molecule has 43 heavy (non-hydrogen) atoms. The van der Waals surface area contributed by atoms with E-state index in [0.29, 0.717) is 17.4 Å². The summed E-state index contributed by atoms with van der Waals surface area (Å²) in [6.07, 6.45) is 22.8. The van der Waals surface area contributed by atoms with Crippen molar-refractivity contribution in [1.29, 1.82) is 0 Å². The van der Waals surface area contributed by atoms with Crippen LogP contribution < -0.4 is 0 Å². The summed E-state index contributed by atoms with van der Waals surface area (Å²) in [6.45, 7) is 4.30. The molecule has 0 aliphatic rings. The zero-order valence-electron chi connectivity index (χ0n) is 28.2. The predicted octanol–water partition coefficient (Wildman–Crippen LogP) is 8.29. The van der Waals surface area contributed by atoms with Crippen molar-refractivity contribution in [1.82, 2.24) is 0 Å². The van der Waals surface area contributed by atoms with Crippen molar-refractivity contribution in [3.05, 3.63) is 12.2 Å². The minimum absolute atomic E-state index is 0.0321. The first-order chi connectivity index (χ1) is 20.5. The second kappa shape index (κ2) is 27.1. The van der Waals surface area contributed by atoms with Gasteiger partial charge in [-0.25, -0.2) is 4.57 Å². The highest BCUT2D eigenvalue weighted by atomic mass is 31.2. The number of ether oxygens (including phenoxy) is 2. The summed E-state index contributed by atoms with van der Waals surface area (Å²) in [4.78, 5) is 34.8. The lowest BCUT2D eigenvalue weighted by Gasteiger charge is -2.24. The number of rotatable bonds is 30. The fourth-order valence-electron chi connectivity index (χ4n) is 4.30. The monoisotopic (exact) mass is 634 g/mol. The maximum Gasteiger partial charge on any atom is 0.472 e. The summed E-state index contributed by atoms with van der Waals surface area (Å²) in [6, 6.07) is 0. The van der Waals surface area contributed by atoms with Crippen LogP contribution in [0.1, 0.15) is 136 Å². The summed E-state index contributed by atoms with van der Waals surface area (Å²) in [5.41, 5.74) is 0. The molecule has 0 aliphatic heterocycles. The molecule has 1 N–H and O–H groups in total. The van der Waals surface area contributed by atoms with E-state index < -0.39 is 26.5 Å². The van der Waals surface area contributed by atoms with Gasteiger partial charge in [0.15, 0.2) is 6.10 Å². The molecule has 0 bridgehead atoms. The summed E-state index contributed by atoms with van der Waals surface area (Å²) in [7, 11) is 1.47. The zero-order chi connectivity index (χ0) is 32.2. The van der Waals surface area contributed by atoms with Crippen LogP contribution >= 0.6 is 7.82 Å². The summed E-state index contributed by atoms with van der Waals surface area (Å²) < 4.78 is 33.9. The molecule has 0 heterocycles. The molecule has 0 saturated carbocycles. The van der Waals surface area contributed by atoms with Gasteiger partial charge in [-0.3, -0.25) is 18.6 Å². The van der Waals surface area contributed by atoms with Crippen molar-refractivity contribution in [2.45, 2.75) is 142 Å². The molecule has 0 amide bonds. The number of phosphoric ester groups is 1. The number of carbonyl (C=O) groups is 2. The predicted molar refractivity (Wildman–Crippen MR) is 174 cm³/mol.